The van der Waals surface area contributed by atoms with Crippen LogP contribution in [-0.4, -0.2) is 5.78 Å². The van der Waals surface area contributed by atoms with Crippen molar-refractivity contribution in [3.05, 3.63) is 93.2 Å². The summed E-state index contributed by atoms with van der Waals surface area (Å²) < 4.78 is 0. The van der Waals surface area contributed by atoms with E-state index in [1.54, 1.807) is 11.3 Å². The minimum Gasteiger partial charge on any atom is -0.289 e. The Hall–Kier alpha value is -2.63. The smallest absolute Gasteiger partial charge is 0.193 e. The van der Waals surface area contributed by atoms with Crippen LogP contribution in [0.4, 0.5) is 0 Å². The number of fused-ring (bicyclic) bond motifs is 2. The van der Waals surface area contributed by atoms with Gasteiger partial charge in [-0.15, -0.1) is 17.8 Å². The first-order valence-corrected chi connectivity index (χ1v) is 8.41. The highest BCUT2D eigenvalue weighted by Gasteiger charge is 2.35. The molecular weight excluding hydrogens is 300 g/mol. The molecule has 1 nitrogen and oxygen atoms in total. The zero-order valence-electron chi connectivity index (χ0n) is 12.4. The van der Waals surface area contributed by atoms with Gasteiger partial charge in [0.05, 0.1) is 5.92 Å². The second kappa shape index (κ2) is 5.53. The average molecular weight is 314 g/mol. The van der Waals surface area contributed by atoms with E-state index in [1.165, 1.54) is 0 Å². The molecule has 0 N–H and O–H groups in total. The normalized spacial score (nSPS) is 14.7. The average Bonchev–Trinajstić information content (AvgIpc) is 3.13. The number of rotatable bonds is 2. The maximum Gasteiger partial charge on any atom is 0.193 e. The fourth-order valence-electron chi connectivity index (χ4n) is 3.43. The molecule has 3 aromatic rings. The zero-order valence-corrected chi connectivity index (χ0v) is 13.2. The van der Waals surface area contributed by atoms with E-state index in [0.717, 1.165) is 27.1 Å². The van der Waals surface area contributed by atoms with Gasteiger partial charge in [0, 0.05) is 21.9 Å². The lowest BCUT2D eigenvalue weighted by atomic mass is 9.71. The van der Waals surface area contributed by atoms with Crippen molar-refractivity contribution in [1.29, 1.82) is 0 Å². The lowest BCUT2D eigenvalue weighted by Gasteiger charge is -2.31. The fraction of sp³-hybridized carbons (Fsp3) is 0.0952. The van der Waals surface area contributed by atoms with E-state index in [-0.39, 0.29) is 17.6 Å². The molecule has 1 aliphatic rings. The van der Waals surface area contributed by atoms with E-state index in [0.29, 0.717) is 0 Å². The van der Waals surface area contributed by atoms with E-state index in [1.807, 2.05) is 60.0 Å². The first kappa shape index (κ1) is 14.0. The molecule has 0 spiro atoms. The molecule has 2 heteroatoms. The van der Waals surface area contributed by atoms with Crippen LogP contribution in [0.1, 0.15) is 43.8 Å². The van der Waals surface area contributed by atoms with E-state index in [4.69, 9.17) is 6.42 Å². The van der Waals surface area contributed by atoms with Crippen LogP contribution in [0.5, 0.6) is 0 Å². The van der Waals surface area contributed by atoms with E-state index in [9.17, 15) is 4.79 Å². The summed E-state index contributed by atoms with van der Waals surface area (Å²) in [5, 5.41) is 2.05. The van der Waals surface area contributed by atoms with Gasteiger partial charge in [-0.1, -0.05) is 60.5 Å². The fourth-order valence-corrected chi connectivity index (χ4v) is 4.25. The van der Waals surface area contributed by atoms with Gasteiger partial charge in [0.15, 0.2) is 5.78 Å². The van der Waals surface area contributed by atoms with Crippen molar-refractivity contribution in [3.8, 4) is 12.3 Å². The molecule has 2 aromatic carbocycles. The predicted octanol–water partition coefficient (Wildman–Crippen LogP) is 4.84. The molecule has 0 saturated heterocycles. The van der Waals surface area contributed by atoms with Crippen LogP contribution >= 0.6 is 11.3 Å². The predicted molar refractivity (Wildman–Crippen MR) is 94.1 cm³/mol. The molecule has 0 unspecified atom stereocenters. The molecule has 4 rings (SSSR count). The van der Waals surface area contributed by atoms with Crippen molar-refractivity contribution >= 4 is 17.1 Å². The highest BCUT2D eigenvalue weighted by molar-refractivity contribution is 7.10. The van der Waals surface area contributed by atoms with E-state index in [2.05, 4.69) is 12.0 Å². The van der Waals surface area contributed by atoms with Crippen molar-refractivity contribution in [1.82, 2.24) is 0 Å². The minimum absolute atomic E-state index is 0.0174. The first-order chi connectivity index (χ1) is 11.3. The highest BCUT2D eigenvalue weighted by atomic mass is 32.1. The largest absolute Gasteiger partial charge is 0.289 e. The Morgan fingerprint density at radius 1 is 0.913 bits per heavy atom. The van der Waals surface area contributed by atoms with Crippen molar-refractivity contribution < 1.29 is 4.79 Å². The number of benzene rings is 2. The molecule has 23 heavy (non-hydrogen) atoms. The summed E-state index contributed by atoms with van der Waals surface area (Å²) in [5.41, 5.74) is 3.61. The first-order valence-electron chi connectivity index (χ1n) is 7.53. The Morgan fingerprint density at radius 3 is 2.04 bits per heavy atom. The third kappa shape index (κ3) is 2.13. The summed E-state index contributed by atoms with van der Waals surface area (Å²) >= 11 is 1.67. The summed E-state index contributed by atoms with van der Waals surface area (Å²) in [6, 6.07) is 19.8. The molecule has 1 atom stereocenters. The summed E-state index contributed by atoms with van der Waals surface area (Å²) in [7, 11) is 0. The molecular formula is C21H14OS. The molecule has 0 bridgehead atoms. The number of hydrogen-bond donors (Lipinski definition) is 0. The van der Waals surface area contributed by atoms with Crippen molar-refractivity contribution in [3.63, 3.8) is 0 Å². The van der Waals surface area contributed by atoms with E-state index < -0.39 is 0 Å². The van der Waals surface area contributed by atoms with Gasteiger partial charge >= 0.3 is 0 Å². The number of ketones is 1. The van der Waals surface area contributed by atoms with Gasteiger partial charge in [-0.3, -0.25) is 4.79 Å². The van der Waals surface area contributed by atoms with Crippen LogP contribution in [-0.2, 0) is 0 Å². The van der Waals surface area contributed by atoms with Gasteiger partial charge in [-0.05, 0) is 22.6 Å². The molecule has 0 fully saturated rings. The second-order valence-electron chi connectivity index (χ2n) is 5.64. The van der Waals surface area contributed by atoms with Crippen LogP contribution in [0.3, 0.4) is 0 Å². The van der Waals surface area contributed by atoms with Gasteiger partial charge in [0.2, 0.25) is 0 Å². The van der Waals surface area contributed by atoms with Gasteiger partial charge in [0.1, 0.15) is 0 Å². The Kier molecular flexibility index (Phi) is 3.37. The summed E-state index contributed by atoms with van der Waals surface area (Å²) in [6.07, 6.45) is 5.92. The van der Waals surface area contributed by atoms with Gasteiger partial charge in [-0.25, -0.2) is 0 Å². The van der Waals surface area contributed by atoms with Gasteiger partial charge < -0.3 is 0 Å². The Balaban J connectivity index is 1.98. The Morgan fingerprint density at radius 2 is 1.52 bits per heavy atom. The van der Waals surface area contributed by atoms with Crippen LogP contribution in [0.15, 0.2) is 66.0 Å². The quantitative estimate of drug-likeness (QED) is 0.619. The van der Waals surface area contributed by atoms with Crippen LogP contribution in [0, 0.1) is 12.3 Å². The number of terminal acetylenes is 1. The lowest BCUT2D eigenvalue weighted by molar-refractivity contribution is 0.103. The Bertz CT molecular complexity index is 866. The van der Waals surface area contributed by atoms with Gasteiger partial charge in [-0.2, -0.15) is 0 Å². The summed E-state index contributed by atoms with van der Waals surface area (Å²) in [6.45, 7) is 0. The SMILES string of the molecule is C#C[C@@H](c1cccs1)C1c2ccccc2C(=O)c2ccccc21. The number of carbonyl (C=O) groups is 1. The highest BCUT2D eigenvalue weighted by Crippen LogP contribution is 2.45. The molecule has 0 saturated carbocycles. The minimum atomic E-state index is -0.0644. The third-order valence-corrected chi connectivity index (χ3v) is 5.40. The maximum absolute atomic E-state index is 12.8. The summed E-state index contributed by atoms with van der Waals surface area (Å²) in [4.78, 5) is 14.0. The molecule has 1 aliphatic carbocycles. The zero-order chi connectivity index (χ0) is 15.8. The summed E-state index contributed by atoms with van der Waals surface area (Å²) in [5.74, 6) is 3.01. The van der Waals surface area contributed by atoms with Crippen LogP contribution in [0.2, 0.25) is 0 Å². The molecule has 0 radical (unpaired) electrons. The van der Waals surface area contributed by atoms with Gasteiger partial charge in [0.25, 0.3) is 0 Å². The topological polar surface area (TPSA) is 17.1 Å². The molecule has 1 heterocycles. The van der Waals surface area contributed by atoms with E-state index >= 15 is 0 Å². The number of hydrogen-bond acceptors (Lipinski definition) is 2. The van der Waals surface area contributed by atoms with Crippen LogP contribution < -0.4 is 0 Å². The Labute approximate surface area is 139 Å². The van der Waals surface area contributed by atoms with Crippen LogP contribution in [0.25, 0.3) is 0 Å². The van der Waals surface area contributed by atoms with Crippen molar-refractivity contribution in [2.24, 2.45) is 0 Å². The van der Waals surface area contributed by atoms with Crippen molar-refractivity contribution in [2.75, 3.05) is 0 Å². The third-order valence-electron chi connectivity index (χ3n) is 4.44. The number of thiophene rings is 1. The monoisotopic (exact) mass is 314 g/mol. The maximum atomic E-state index is 12.8. The second-order valence-corrected chi connectivity index (χ2v) is 6.62. The standard InChI is InChI=1S/C21H14OS/c1-2-14(19-12-7-13-23-19)20-15-8-3-5-10-17(15)21(22)18-11-6-4-9-16(18)20/h1,3-14,20H/t14-/m0/s1. The number of carbonyl (C=O) groups excluding carboxylic acids is 1. The molecule has 0 amide bonds. The molecule has 1 aromatic heterocycles. The lowest BCUT2D eigenvalue weighted by Crippen LogP contribution is -2.23. The van der Waals surface area contributed by atoms with Crippen molar-refractivity contribution in [2.45, 2.75) is 11.8 Å². The molecule has 110 valence electrons. The molecule has 0 aliphatic heterocycles.